The molecule has 1 heterocycles. The van der Waals surface area contributed by atoms with Crippen LogP contribution in [-0.4, -0.2) is 33.1 Å². The second-order valence-corrected chi connectivity index (χ2v) is 7.46. The fourth-order valence-electron chi connectivity index (χ4n) is 3.84. The molecule has 0 aromatic heterocycles. The predicted molar refractivity (Wildman–Crippen MR) is 107 cm³/mol. The zero-order valence-electron chi connectivity index (χ0n) is 15.7. The summed E-state index contributed by atoms with van der Waals surface area (Å²) in [6, 6.07) is 8.09. The first-order valence-electron chi connectivity index (χ1n) is 8.98. The highest BCUT2D eigenvalue weighted by molar-refractivity contribution is 6.31. The number of anilines is 1. The predicted octanol–water partition coefficient (Wildman–Crippen LogP) is 3.45. The van der Waals surface area contributed by atoms with E-state index in [1.807, 2.05) is 0 Å². The van der Waals surface area contributed by atoms with Gasteiger partial charge >= 0.3 is 5.69 Å². The van der Waals surface area contributed by atoms with E-state index < -0.39 is 33.4 Å². The van der Waals surface area contributed by atoms with Crippen LogP contribution in [0.3, 0.4) is 0 Å². The van der Waals surface area contributed by atoms with Crippen molar-refractivity contribution < 1.29 is 20.1 Å². The number of hydrogen-bond acceptors (Lipinski definition) is 7. The zero-order valence-corrected chi connectivity index (χ0v) is 16.4. The number of piperidine rings is 1. The first kappa shape index (κ1) is 21.0. The van der Waals surface area contributed by atoms with Crippen LogP contribution in [0, 0.1) is 27.2 Å². The molecule has 2 aromatic rings. The summed E-state index contributed by atoms with van der Waals surface area (Å²) in [6.45, 7) is 1.25. The molecule has 0 spiro atoms. The van der Waals surface area contributed by atoms with Crippen LogP contribution in [-0.2, 0) is 12.2 Å². The third kappa shape index (κ3) is 3.76. The maximum Gasteiger partial charge on any atom is 0.302 e. The quantitative estimate of drug-likeness (QED) is 0.558. The molecule has 1 aliphatic rings. The smallest absolute Gasteiger partial charge is 0.302 e. The van der Waals surface area contributed by atoms with Gasteiger partial charge in [-0.1, -0.05) is 29.8 Å². The lowest BCUT2D eigenvalue weighted by molar-refractivity contribution is -0.393. The molecule has 0 unspecified atom stereocenters. The number of nitrogens with zero attached hydrogens (tertiary/aromatic N) is 3. The minimum atomic E-state index is -1.22. The standard InChI is InChI=1S/C19H20ClN3O6/c1-12-13(11-24)10-16(22(26)27)18(17(12)23(28)29)21-8-6-19(25,7-9-21)14-4-2-3-5-15(14)20/h2-5,10,24-25H,6-9,11H2,1H3. The molecular weight excluding hydrogens is 402 g/mol. The van der Waals surface area contributed by atoms with E-state index in [1.165, 1.54) is 13.0 Å². The normalized spacial score (nSPS) is 15.9. The Morgan fingerprint density at radius 2 is 1.79 bits per heavy atom. The summed E-state index contributed by atoms with van der Waals surface area (Å²) in [5.41, 5.74) is -1.27. The van der Waals surface area contributed by atoms with E-state index in [-0.39, 0.29) is 42.7 Å². The summed E-state index contributed by atoms with van der Waals surface area (Å²) >= 11 is 6.21. The first-order valence-corrected chi connectivity index (χ1v) is 9.36. The molecule has 2 N–H and O–H groups in total. The molecule has 1 fully saturated rings. The van der Waals surface area contributed by atoms with E-state index in [1.54, 1.807) is 29.2 Å². The Morgan fingerprint density at radius 1 is 1.17 bits per heavy atom. The van der Waals surface area contributed by atoms with Crippen molar-refractivity contribution in [3.8, 4) is 0 Å². The summed E-state index contributed by atoms with van der Waals surface area (Å²) in [7, 11) is 0. The van der Waals surface area contributed by atoms with Gasteiger partial charge in [-0.2, -0.15) is 0 Å². The number of benzene rings is 2. The van der Waals surface area contributed by atoms with E-state index in [4.69, 9.17) is 11.6 Å². The molecule has 0 bridgehead atoms. The van der Waals surface area contributed by atoms with E-state index in [9.17, 15) is 30.4 Å². The molecule has 1 aliphatic heterocycles. The number of aliphatic hydroxyl groups is 2. The Hall–Kier alpha value is -2.75. The van der Waals surface area contributed by atoms with Crippen molar-refractivity contribution in [2.45, 2.75) is 32.0 Å². The van der Waals surface area contributed by atoms with Gasteiger partial charge in [0.1, 0.15) is 0 Å². The minimum absolute atomic E-state index is 0.101. The summed E-state index contributed by atoms with van der Waals surface area (Å²) < 4.78 is 0. The average Bonchev–Trinajstić information content (AvgIpc) is 2.68. The van der Waals surface area contributed by atoms with Crippen molar-refractivity contribution in [1.29, 1.82) is 0 Å². The minimum Gasteiger partial charge on any atom is -0.392 e. The maximum atomic E-state index is 11.7. The molecule has 10 heteroatoms. The zero-order chi connectivity index (χ0) is 21.3. The van der Waals surface area contributed by atoms with Crippen molar-refractivity contribution in [2.24, 2.45) is 0 Å². The molecule has 29 heavy (non-hydrogen) atoms. The van der Waals surface area contributed by atoms with Gasteiger partial charge in [0.25, 0.3) is 5.69 Å². The fraction of sp³-hybridized carbons (Fsp3) is 0.368. The van der Waals surface area contributed by atoms with Crippen molar-refractivity contribution in [1.82, 2.24) is 0 Å². The van der Waals surface area contributed by atoms with Gasteiger partial charge in [0.15, 0.2) is 5.69 Å². The summed E-state index contributed by atoms with van der Waals surface area (Å²) in [6.07, 6.45) is 0.400. The van der Waals surface area contributed by atoms with Gasteiger partial charge < -0.3 is 15.1 Å². The summed E-state index contributed by atoms with van der Waals surface area (Å²) in [5.74, 6) is 0. The average molecular weight is 422 g/mol. The number of halogens is 1. The van der Waals surface area contributed by atoms with E-state index >= 15 is 0 Å². The molecule has 0 radical (unpaired) electrons. The van der Waals surface area contributed by atoms with Gasteiger partial charge in [0.2, 0.25) is 0 Å². The maximum absolute atomic E-state index is 11.7. The summed E-state index contributed by atoms with van der Waals surface area (Å²) in [5, 5.41) is 44.3. The number of nitro benzene ring substituents is 2. The van der Waals surface area contributed by atoms with Crippen LogP contribution in [0.4, 0.5) is 17.1 Å². The largest absolute Gasteiger partial charge is 0.392 e. The monoisotopic (exact) mass is 421 g/mol. The fourth-order valence-corrected chi connectivity index (χ4v) is 4.15. The van der Waals surface area contributed by atoms with Crippen molar-refractivity contribution >= 4 is 28.7 Å². The van der Waals surface area contributed by atoms with Crippen LogP contribution in [0.15, 0.2) is 30.3 Å². The van der Waals surface area contributed by atoms with Crippen molar-refractivity contribution in [3.63, 3.8) is 0 Å². The Balaban J connectivity index is 2.02. The second-order valence-electron chi connectivity index (χ2n) is 7.05. The van der Waals surface area contributed by atoms with Gasteiger partial charge in [0, 0.05) is 35.3 Å². The van der Waals surface area contributed by atoms with Gasteiger partial charge in [-0.05, 0) is 31.4 Å². The highest BCUT2D eigenvalue weighted by Gasteiger charge is 2.40. The highest BCUT2D eigenvalue weighted by atomic mass is 35.5. The SMILES string of the molecule is Cc1c(CO)cc([N+](=O)[O-])c(N2CCC(O)(c3ccccc3Cl)CC2)c1[N+](=O)[O-]. The molecule has 9 nitrogen and oxygen atoms in total. The third-order valence-corrected chi connectivity index (χ3v) is 5.78. The first-order chi connectivity index (χ1) is 13.7. The van der Waals surface area contributed by atoms with Crippen LogP contribution >= 0.6 is 11.6 Å². The molecule has 3 rings (SSSR count). The van der Waals surface area contributed by atoms with Crippen molar-refractivity contribution in [3.05, 3.63) is 72.3 Å². The second kappa shape index (κ2) is 7.94. The number of nitro groups is 2. The molecule has 154 valence electrons. The van der Waals surface area contributed by atoms with Crippen LogP contribution in [0.25, 0.3) is 0 Å². The Kier molecular flexibility index (Phi) is 5.74. The Morgan fingerprint density at radius 3 is 2.31 bits per heavy atom. The Labute approximate surface area is 171 Å². The molecular formula is C19H20ClN3O6. The van der Waals surface area contributed by atoms with Crippen LogP contribution < -0.4 is 4.90 Å². The molecule has 1 saturated heterocycles. The van der Waals surface area contributed by atoms with Crippen LogP contribution in [0.1, 0.15) is 29.5 Å². The number of rotatable bonds is 5. The van der Waals surface area contributed by atoms with Gasteiger partial charge in [-0.3, -0.25) is 20.2 Å². The lowest BCUT2D eigenvalue weighted by Crippen LogP contribution is -2.43. The molecule has 2 aromatic carbocycles. The van der Waals surface area contributed by atoms with Gasteiger partial charge in [-0.25, -0.2) is 0 Å². The highest BCUT2D eigenvalue weighted by Crippen LogP contribution is 2.45. The van der Waals surface area contributed by atoms with E-state index in [2.05, 4.69) is 0 Å². The third-order valence-electron chi connectivity index (χ3n) is 5.45. The van der Waals surface area contributed by atoms with E-state index in [0.717, 1.165) is 0 Å². The van der Waals surface area contributed by atoms with Crippen LogP contribution in [0.2, 0.25) is 5.02 Å². The summed E-state index contributed by atoms with van der Waals surface area (Å²) in [4.78, 5) is 23.6. The molecule has 0 saturated carbocycles. The van der Waals surface area contributed by atoms with Gasteiger partial charge in [-0.15, -0.1) is 0 Å². The number of hydrogen-bond donors (Lipinski definition) is 2. The van der Waals surface area contributed by atoms with Gasteiger partial charge in [0.05, 0.1) is 22.1 Å². The molecule has 0 amide bonds. The number of aliphatic hydroxyl groups excluding tert-OH is 1. The molecule has 0 aliphatic carbocycles. The topological polar surface area (TPSA) is 130 Å². The lowest BCUT2D eigenvalue weighted by Gasteiger charge is -2.39. The molecule has 0 atom stereocenters. The lowest BCUT2D eigenvalue weighted by atomic mass is 9.84. The van der Waals surface area contributed by atoms with E-state index in [0.29, 0.717) is 10.6 Å². The van der Waals surface area contributed by atoms with Crippen LogP contribution in [0.5, 0.6) is 0 Å². The van der Waals surface area contributed by atoms with Crippen molar-refractivity contribution in [2.75, 3.05) is 18.0 Å². The Bertz CT molecular complexity index is 973.